The van der Waals surface area contributed by atoms with Crippen LogP contribution in [0.4, 0.5) is 5.69 Å². The van der Waals surface area contributed by atoms with Gasteiger partial charge in [0.15, 0.2) is 5.75 Å². The molecule has 0 unspecified atom stereocenters. The highest BCUT2D eigenvalue weighted by Crippen LogP contribution is 2.26. The zero-order valence-corrected chi connectivity index (χ0v) is 8.65. The highest BCUT2D eigenvalue weighted by molar-refractivity contribution is 6.17. The van der Waals surface area contributed by atoms with E-state index in [4.69, 9.17) is 11.6 Å². The summed E-state index contributed by atoms with van der Waals surface area (Å²) in [6.45, 7) is 0. The SMILES string of the molecule is O=[N+]([O-])c1ccc(C=CCCCl)cc1O. The van der Waals surface area contributed by atoms with Crippen molar-refractivity contribution in [2.75, 3.05) is 5.88 Å². The van der Waals surface area contributed by atoms with Crippen molar-refractivity contribution in [3.8, 4) is 5.75 Å². The summed E-state index contributed by atoms with van der Waals surface area (Å²) in [6, 6.07) is 4.20. The lowest BCUT2D eigenvalue weighted by Crippen LogP contribution is -1.88. The van der Waals surface area contributed by atoms with Crippen molar-refractivity contribution in [1.29, 1.82) is 0 Å². The molecule has 0 aliphatic heterocycles. The maximum Gasteiger partial charge on any atom is 0.310 e. The van der Waals surface area contributed by atoms with Crippen molar-refractivity contribution < 1.29 is 10.0 Å². The molecule has 0 aliphatic carbocycles. The summed E-state index contributed by atoms with van der Waals surface area (Å²) in [6.07, 6.45) is 4.32. The number of nitro benzene ring substituents is 1. The van der Waals surface area contributed by atoms with Crippen LogP contribution < -0.4 is 0 Å². The van der Waals surface area contributed by atoms with Crippen molar-refractivity contribution in [2.45, 2.75) is 6.42 Å². The fraction of sp³-hybridized carbons (Fsp3) is 0.200. The Labute approximate surface area is 92.0 Å². The molecule has 0 bridgehead atoms. The van der Waals surface area contributed by atoms with Gasteiger partial charge in [-0.25, -0.2) is 0 Å². The van der Waals surface area contributed by atoms with E-state index in [2.05, 4.69) is 0 Å². The van der Waals surface area contributed by atoms with Crippen molar-refractivity contribution >= 4 is 23.4 Å². The van der Waals surface area contributed by atoms with Crippen molar-refractivity contribution in [3.63, 3.8) is 0 Å². The number of halogens is 1. The average Bonchev–Trinajstić information content (AvgIpc) is 2.17. The van der Waals surface area contributed by atoms with Crippen molar-refractivity contribution in [1.82, 2.24) is 0 Å². The number of alkyl halides is 1. The van der Waals surface area contributed by atoms with Gasteiger partial charge in [-0.1, -0.05) is 12.2 Å². The highest BCUT2D eigenvalue weighted by atomic mass is 35.5. The van der Waals surface area contributed by atoms with Crippen LogP contribution in [0.3, 0.4) is 0 Å². The van der Waals surface area contributed by atoms with E-state index in [0.29, 0.717) is 11.4 Å². The van der Waals surface area contributed by atoms with E-state index in [9.17, 15) is 15.2 Å². The van der Waals surface area contributed by atoms with Crippen molar-refractivity contribution in [2.24, 2.45) is 0 Å². The Kier molecular flexibility index (Phi) is 4.12. The molecule has 0 spiro atoms. The van der Waals surface area contributed by atoms with Gasteiger partial charge in [-0.05, 0) is 24.1 Å². The van der Waals surface area contributed by atoms with Crippen molar-refractivity contribution in [3.05, 3.63) is 40.0 Å². The molecule has 1 N–H and O–H groups in total. The molecule has 4 nitrogen and oxygen atoms in total. The third-order valence-corrected chi connectivity index (χ3v) is 2.00. The Bertz CT molecular complexity index is 390. The topological polar surface area (TPSA) is 63.4 Å². The number of aromatic hydroxyl groups is 1. The first kappa shape index (κ1) is 11.5. The maximum absolute atomic E-state index is 10.4. The van der Waals surface area contributed by atoms with Crippen LogP contribution in [0, 0.1) is 10.1 Å². The average molecular weight is 228 g/mol. The first-order valence-corrected chi connectivity index (χ1v) is 4.88. The fourth-order valence-corrected chi connectivity index (χ4v) is 1.21. The minimum Gasteiger partial charge on any atom is -0.502 e. The molecule has 0 aromatic heterocycles. The van der Waals surface area contributed by atoms with Gasteiger partial charge in [-0.2, -0.15) is 0 Å². The van der Waals surface area contributed by atoms with Crippen LogP contribution in [0.15, 0.2) is 24.3 Å². The lowest BCUT2D eigenvalue weighted by molar-refractivity contribution is -0.385. The van der Waals surface area contributed by atoms with E-state index in [1.807, 2.05) is 6.08 Å². The number of phenols is 1. The molecule has 0 heterocycles. The Hall–Kier alpha value is -1.55. The van der Waals surface area contributed by atoms with Crippen LogP contribution in [-0.2, 0) is 0 Å². The van der Waals surface area contributed by atoms with Crippen LogP contribution >= 0.6 is 11.6 Å². The maximum atomic E-state index is 10.4. The van der Waals surface area contributed by atoms with Crippen LogP contribution in [0.5, 0.6) is 5.75 Å². The Balaban J connectivity index is 2.87. The molecule has 80 valence electrons. The van der Waals surface area contributed by atoms with E-state index in [1.54, 1.807) is 12.1 Å². The summed E-state index contributed by atoms with van der Waals surface area (Å²) in [5.41, 5.74) is 0.424. The number of phenolic OH excluding ortho intramolecular Hbond substituents is 1. The van der Waals surface area contributed by atoms with Gasteiger partial charge in [0.2, 0.25) is 0 Å². The van der Waals surface area contributed by atoms with Gasteiger partial charge in [0, 0.05) is 11.9 Å². The summed E-state index contributed by atoms with van der Waals surface area (Å²) < 4.78 is 0. The zero-order chi connectivity index (χ0) is 11.3. The van der Waals surface area contributed by atoms with Gasteiger partial charge >= 0.3 is 5.69 Å². The second-order valence-electron chi connectivity index (χ2n) is 2.89. The molecule has 1 rings (SSSR count). The van der Waals surface area contributed by atoms with E-state index in [1.165, 1.54) is 12.1 Å². The van der Waals surface area contributed by atoms with Crippen LogP contribution in [0.2, 0.25) is 0 Å². The molecule has 1 aromatic carbocycles. The molecule has 0 atom stereocenters. The number of rotatable bonds is 4. The van der Waals surface area contributed by atoms with Gasteiger partial charge in [-0.15, -0.1) is 11.6 Å². The summed E-state index contributed by atoms with van der Waals surface area (Å²) in [7, 11) is 0. The van der Waals surface area contributed by atoms with Gasteiger partial charge < -0.3 is 5.11 Å². The summed E-state index contributed by atoms with van der Waals surface area (Å²) >= 11 is 5.48. The van der Waals surface area contributed by atoms with E-state index in [-0.39, 0.29) is 11.4 Å². The molecular formula is C10H10ClNO3. The molecule has 5 heteroatoms. The number of allylic oxidation sites excluding steroid dienone is 1. The van der Waals surface area contributed by atoms with Gasteiger partial charge in [-0.3, -0.25) is 10.1 Å². The minimum atomic E-state index is -0.623. The Morgan fingerprint density at radius 3 is 2.80 bits per heavy atom. The van der Waals surface area contributed by atoms with Crippen LogP contribution in [0.25, 0.3) is 6.08 Å². The second-order valence-corrected chi connectivity index (χ2v) is 3.26. The van der Waals surface area contributed by atoms with Crippen LogP contribution in [0.1, 0.15) is 12.0 Å². The molecule has 15 heavy (non-hydrogen) atoms. The Morgan fingerprint density at radius 2 is 2.27 bits per heavy atom. The molecule has 0 fully saturated rings. The zero-order valence-electron chi connectivity index (χ0n) is 7.89. The molecule has 0 saturated carbocycles. The fourth-order valence-electron chi connectivity index (χ4n) is 1.08. The number of nitrogens with zero attached hydrogens (tertiary/aromatic N) is 1. The minimum absolute atomic E-state index is 0.288. The highest BCUT2D eigenvalue weighted by Gasteiger charge is 2.11. The quantitative estimate of drug-likeness (QED) is 0.489. The first-order chi connectivity index (χ1) is 7.15. The number of nitro groups is 1. The molecular weight excluding hydrogens is 218 g/mol. The molecule has 0 saturated heterocycles. The van der Waals surface area contributed by atoms with E-state index in [0.717, 1.165) is 6.42 Å². The molecule has 1 aromatic rings. The molecule has 0 aliphatic rings. The lowest BCUT2D eigenvalue weighted by Gasteiger charge is -1.97. The van der Waals surface area contributed by atoms with Crippen LogP contribution in [-0.4, -0.2) is 15.9 Å². The Morgan fingerprint density at radius 1 is 1.53 bits per heavy atom. The van der Waals surface area contributed by atoms with Gasteiger partial charge in [0.25, 0.3) is 0 Å². The van der Waals surface area contributed by atoms with Gasteiger partial charge in [0.1, 0.15) is 0 Å². The summed E-state index contributed by atoms with van der Waals surface area (Å²) in [4.78, 5) is 9.78. The normalized spacial score (nSPS) is 10.7. The molecule has 0 radical (unpaired) electrons. The number of benzene rings is 1. The third kappa shape index (κ3) is 3.25. The predicted molar refractivity (Wildman–Crippen MR) is 59.1 cm³/mol. The number of hydrogen-bond acceptors (Lipinski definition) is 3. The lowest BCUT2D eigenvalue weighted by atomic mass is 10.1. The third-order valence-electron chi connectivity index (χ3n) is 1.78. The smallest absolute Gasteiger partial charge is 0.310 e. The van der Waals surface area contributed by atoms with E-state index >= 15 is 0 Å². The predicted octanol–water partition coefficient (Wildman–Crippen LogP) is 2.94. The standard InChI is InChI=1S/C10H10ClNO3/c11-6-2-1-3-8-4-5-9(12(14)15)10(13)7-8/h1,3-5,7,13H,2,6H2. The monoisotopic (exact) mass is 227 g/mol. The largest absolute Gasteiger partial charge is 0.502 e. The summed E-state index contributed by atoms with van der Waals surface area (Å²) in [5, 5.41) is 19.7. The molecule has 0 amide bonds. The second kappa shape index (κ2) is 5.36. The number of hydrogen-bond donors (Lipinski definition) is 1. The first-order valence-electron chi connectivity index (χ1n) is 4.35. The summed E-state index contributed by atoms with van der Waals surface area (Å²) in [5.74, 6) is 0.197. The van der Waals surface area contributed by atoms with Gasteiger partial charge in [0.05, 0.1) is 4.92 Å². The van der Waals surface area contributed by atoms with E-state index < -0.39 is 4.92 Å².